The molecule has 0 aliphatic carbocycles. The maximum atomic E-state index is 2.52. The Balaban J connectivity index is 0.00000320. The van der Waals surface area contributed by atoms with Crippen molar-refractivity contribution in [3.8, 4) is 5.69 Å². The Morgan fingerprint density at radius 1 is 0.892 bits per heavy atom. The highest BCUT2D eigenvalue weighted by Gasteiger charge is 2.26. The highest BCUT2D eigenvalue weighted by atomic mass is 127. The minimum Gasteiger partial charge on any atom is -1.00 e. The second-order valence-electron chi connectivity index (χ2n) is 9.49. The van der Waals surface area contributed by atoms with Gasteiger partial charge in [-0.1, -0.05) is 60.3 Å². The fourth-order valence-corrected chi connectivity index (χ4v) is 6.01. The van der Waals surface area contributed by atoms with E-state index in [1.54, 1.807) is 0 Å². The molecule has 192 valence electrons. The lowest BCUT2D eigenvalue weighted by atomic mass is 10.1. The first-order chi connectivity index (χ1) is 17.6. The fraction of sp³-hybridized carbons (Fsp3) is 0.258. The van der Waals surface area contributed by atoms with Gasteiger partial charge in [0.1, 0.15) is 11.2 Å². The van der Waals surface area contributed by atoms with E-state index in [4.69, 9.17) is 0 Å². The predicted octanol–water partition coefficient (Wildman–Crippen LogP) is 3.44. The van der Waals surface area contributed by atoms with Crippen LogP contribution >= 0.6 is 11.8 Å². The van der Waals surface area contributed by atoms with E-state index in [1.165, 1.54) is 43.6 Å². The number of anilines is 2. The summed E-state index contributed by atoms with van der Waals surface area (Å²) in [6.07, 6.45) is 3.48. The molecule has 4 aromatic rings. The Hall–Kier alpha value is -2.55. The number of para-hydroxylation sites is 3. The molecule has 1 aliphatic rings. The predicted molar refractivity (Wildman–Crippen MR) is 155 cm³/mol. The molecule has 0 saturated carbocycles. The molecule has 0 atom stereocenters. The van der Waals surface area contributed by atoms with Crippen LogP contribution in [0.2, 0.25) is 0 Å². The summed E-state index contributed by atoms with van der Waals surface area (Å²) in [7, 11) is 6.46. The Morgan fingerprint density at radius 2 is 1.59 bits per heavy atom. The van der Waals surface area contributed by atoms with Gasteiger partial charge in [0.2, 0.25) is 0 Å². The molecule has 5 rings (SSSR count). The molecule has 0 bridgehead atoms. The number of hydrogen-bond acceptors (Lipinski definition) is 4. The van der Waals surface area contributed by atoms with E-state index >= 15 is 0 Å². The van der Waals surface area contributed by atoms with E-state index in [9.17, 15) is 0 Å². The van der Waals surface area contributed by atoms with Crippen molar-refractivity contribution >= 4 is 40.2 Å². The van der Waals surface area contributed by atoms with Crippen LogP contribution in [-0.4, -0.2) is 45.7 Å². The molecule has 0 N–H and O–H groups in total. The monoisotopic (exact) mass is 622 g/mol. The van der Waals surface area contributed by atoms with E-state index < -0.39 is 0 Å². The van der Waals surface area contributed by atoms with Crippen LogP contribution in [0, 0.1) is 0 Å². The summed E-state index contributed by atoms with van der Waals surface area (Å²) >= 11 is 1.85. The third-order valence-corrected chi connectivity index (χ3v) is 7.94. The standard InChI is InChI=1S/C31H35N4S.HI/c1-5-34(21-13-20-32(2)3)30-22-24(23-31-33(4)28-18-11-12-19-29(28)36-31)26-16-9-10-17-27(26)35(30)25-14-7-6-8-15-25;/h6-12,14-19,22-23H,5,13,20-21H2,1-4H3;1H/q+1;/p-1. The number of hydrogen-bond donors (Lipinski definition) is 0. The summed E-state index contributed by atoms with van der Waals surface area (Å²) < 4.78 is 2.43. The number of halogens is 1. The third kappa shape index (κ3) is 5.81. The highest BCUT2D eigenvalue weighted by molar-refractivity contribution is 8.03. The van der Waals surface area contributed by atoms with Gasteiger partial charge in [-0.15, -0.1) is 0 Å². The van der Waals surface area contributed by atoms with E-state index in [1.807, 2.05) is 11.8 Å². The normalized spacial score (nSPS) is 13.8. The van der Waals surface area contributed by atoms with Crippen LogP contribution in [-0.2, 0) is 0 Å². The molecule has 6 heteroatoms. The zero-order valence-corrected chi connectivity index (χ0v) is 25.0. The number of rotatable bonds is 8. The Morgan fingerprint density at radius 3 is 2.32 bits per heavy atom. The molecule has 1 aromatic heterocycles. The quantitative estimate of drug-likeness (QED) is 0.221. The lowest BCUT2D eigenvalue weighted by Gasteiger charge is -2.22. The number of nitrogens with zero attached hydrogens (tertiary/aromatic N) is 4. The maximum Gasteiger partial charge on any atom is 0.282 e. The molecule has 37 heavy (non-hydrogen) atoms. The van der Waals surface area contributed by atoms with Crippen LogP contribution in [0.25, 0.3) is 22.7 Å². The summed E-state index contributed by atoms with van der Waals surface area (Å²) in [4.78, 5) is 8.40. The van der Waals surface area contributed by atoms with E-state index in [0.29, 0.717) is 0 Å². The molecule has 4 nitrogen and oxygen atoms in total. The van der Waals surface area contributed by atoms with Crippen molar-refractivity contribution in [2.24, 2.45) is 0 Å². The van der Waals surface area contributed by atoms with Gasteiger partial charge >= 0.3 is 0 Å². The zero-order valence-electron chi connectivity index (χ0n) is 22.1. The molecule has 0 radical (unpaired) electrons. The Labute approximate surface area is 242 Å². The average Bonchev–Trinajstić information content (AvgIpc) is 3.22. The first-order valence-electron chi connectivity index (χ1n) is 12.7. The summed E-state index contributed by atoms with van der Waals surface area (Å²) in [6, 6.07) is 30.6. The van der Waals surface area contributed by atoms with Crippen LogP contribution in [0.4, 0.5) is 11.5 Å². The van der Waals surface area contributed by atoms with Crippen molar-refractivity contribution < 1.29 is 28.5 Å². The number of thioether (sulfide) groups is 1. The molecule has 0 unspecified atom stereocenters. The van der Waals surface area contributed by atoms with Crippen molar-refractivity contribution in [2.45, 2.75) is 18.2 Å². The van der Waals surface area contributed by atoms with E-state index in [2.05, 4.69) is 138 Å². The lowest BCUT2D eigenvalue weighted by Crippen LogP contribution is -3.00. The van der Waals surface area contributed by atoms with Gasteiger partial charge in [-0.2, -0.15) is 4.57 Å². The molecule has 0 saturated heterocycles. The van der Waals surface area contributed by atoms with Crippen molar-refractivity contribution in [3.63, 3.8) is 0 Å². The summed E-state index contributed by atoms with van der Waals surface area (Å²) in [5.41, 5.74) is 4.93. The zero-order chi connectivity index (χ0) is 25.1. The maximum absolute atomic E-state index is 2.52. The van der Waals surface area contributed by atoms with Crippen molar-refractivity contribution in [3.05, 3.63) is 95.5 Å². The molecule has 0 amide bonds. The molecule has 2 heterocycles. The second-order valence-corrected chi connectivity index (χ2v) is 10.6. The van der Waals surface area contributed by atoms with Crippen molar-refractivity contribution in [1.29, 1.82) is 0 Å². The van der Waals surface area contributed by atoms with Crippen LogP contribution in [0.5, 0.6) is 0 Å². The minimum absolute atomic E-state index is 0. The van der Waals surface area contributed by atoms with Gasteiger partial charge in [0.15, 0.2) is 0 Å². The van der Waals surface area contributed by atoms with Crippen molar-refractivity contribution in [1.82, 2.24) is 4.90 Å². The number of benzene rings is 3. The molecular formula is C31H35IN4S. The van der Waals surface area contributed by atoms with Gasteiger partial charge in [0.05, 0.1) is 23.8 Å². The van der Waals surface area contributed by atoms with Gasteiger partial charge < -0.3 is 33.8 Å². The minimum atomic E-state index is 0. The summed E-state index contributed by atoms with van der Waals surface area (Å²) in [6.45, 7) is 5.30. The summed E-state index contributed by atoms with van der Waals surface area (Å²) in [5, 5.41) is 2.51. The smallest absolute Gasteiger partial charge is 0.282 e. The molecule has 1 aliphatic heterocycles. The molecule has 0 fully saturated rings. The topological polar surface area (TPSA) is 13.6 Å². The second kappa shape index (κ2) is 12.3. The highest BCUT2D eigenvalue weighted by Crippen LogP contribution is 2.45. The van der Waals surface area contributed by atoms with Crippen LogP contribution in [0.3, 0.4) is 0 Å². The lowest BCUT2D eigenvalue weighted by molar-refractivity contribution is -0.553. The van der Waals surface area contributed by atoms with Gasteiger partial charge in [-0.3, -0.25) is 4.90 Å². The van der Waals surface area contributed by atoms with E-state index in [-0.39, 0.29) is 24.0 Å². The number of fused-ring (bicyclic) bond motifs is 2. The largest absolute Gasteiger partial charge is 1.00 e. The number of pyridine rings is 1. The van der Waals surface area contributed by atoms with Gasteiger partial charge in [-0.25, -0.2) is 0 Å². The first kappa shape index (κ1) is 27.5. The van der Waals surface area contributed by atoms with Crippen LogP contribution < -0.4 is 38.3 Å². The van der Waals surface area contributed by atoms with Crippen LogP contribution in [0.1, 0.15) is 18.9 Å². The van der Waals surface area contributed by atoms with Gasteiger partial charge in [0.25, 0.3) is 5.82 Å². The van der Waals surface area contributed by atoms with Crippen LogP contribution in [0.15, 0.2) is 94.9 Å². The SMILES string of the molecule is CCN(CCCN(C)C)c1cc(/C=C2/Sc3ccccc3N2C)c2ccccc2[n+]1-c1ccccc1.[I-]. The molecular weight excluding hydrogens is 587 g/mol. The van der Waals surface area contributed by atoms with Gasteiger partial charge in [-0.05, 0) is 69.4 Å². The Bertz CT molecular complexity index is 1390. The molecule has 3 aromatic carbocycles. The van der Waals surface area contributed by atoms with E-state index in [0.717, 1.165) is 26.1 Å². The third-order valence-electron chi connectivity index (χ3n) is 6.77. The number of aromatic nitrogens is 1. The van der Waals surface area contributed by atoms with Crippen molar-refractivity contribution in [2.75, 3.05) is 50.6 Å². The fourth-order valence-electron chi connectivity index (χ4n) is 4.91. The average molecular weight is 623 g/mol. The summed E-state index contributed by atoms with van der Waals surface area (Å²) in [5.74, 6) is 1.23. The Kier molecular flexibility index (Phi) is 9.16. The first-order valence-corrected chi connectivity index (χ1v) is 13.5. The van der Waals surface area contributed by atoms with Gasteiger partial charge in [0, 0.05) is 29.9 Å². The molecule has 0 spiro atoms.